The molecule has 0 aliphatic carbocycles. The van der Waals surface area contributed by atoms with Gasteiger partial charge >= 0.3 is 0 Å². The normalized spacial score (nSPS) is 16.9. The van der Waals surface area contributed by atoms with Crippen molar-refractivity contribution in [1.29, 1.82) is 0 Å². The van der Waals surface area contributed by atoms with Gasteiger partial charge < -0.3 is 9.88 Å². The van der Waals surface area contributed by atoms with Gasteiger partial charge in [0.1, 0.15) is 5.82 Å². The fourth-order valence-electron chi connectivity index (χ4n) is 4.81. The van der Waals surface area contributed by atoms with E-state index in [4.69, 9.17) is 4.98 Å². The quantitative estimate of drug-likeness (QED) is 0.406. The minimum absolute atomic E-state index is 0.0512. The summed E-state index contributed by atoms with van der Waals surface area (Å²) in [5.41, 5.74) is 3.48. The summed E-state index contributed by atoms with van der Waals surface area (Å²) >= 11 is 0. The average Bonchev–Trinajstić information content (AvgIpc) is 3.28. The lowest BCUT2D eigenvalue weighted by Gasteiger charge is -2.32. The molecular weight excluding hydrogens is 384 g/mol. The molecule has 1 saturated heterocycles. The number of hydrogen-bond acceptors (Lipinski definition) is 3. The first-order valence-electron chi connectivity index (χ1n) is 10.8. The summed E-state index contributed by atoms with van der Waals surface area (Å²) in [4.78, 5) is 28.5. The van der Waals surface area contributed by atoms with Gasteiger partial charge in [0.05, 0.1) is 22.1 Å². The number of aromatic nitrogens is 3. The fourth-order valence-corrected chi connectivity index (χ4v) is 4.81. The van der Waals surface area contributed by atoms with E-state index < -0.39 is 0 Å². The molecule has 1 amide bonds. The molecule has 2 aromatic heterocycles. The van der Waals surface area contributed by atoms with Gasteiger partial charge in [-0.3, -0.25) is 9.78 Å². The van der Waals surface area contributed by atoms with E-state index in [1.807, 2.05) is 53.4 Å². The number of nitrogens with one attached hydrogen (secondary N) is 1. The standard InChI is InChI=1S/C26H22N4O/c31-26(21-15-17-7-1-2-9-19(17)20-10-5-13-27-24(20)21)30-14-6-8-18(16-30)25-28-22-11-3-4-12-23(22)29-25/h1-5,7,9-13,15,18H,6,8,14,16H2,(H,28,29). The molecule has 1 fully saturated rings. The Morgan fingerprint density at radius 1 is 1.00 bits per heavy atom. The Kier molecular flexibility index (Phi) is 4.20. The molecule has 5 nitrogen and oxygen atoms in total. The number of fused-ring (bicyclic) bond motifs is 4. The predicted octanol–water partition coefficient (Wildman–Crippen LogP) is 5.28. The van der Waals surface area contributed by atoms with Crippen molar-refractivity contribution in [3.63, 3.8) is 0 Å². The third-order valence-electron chi connectivity index (χ3n) is 6.35. The van der Waals surface area contributed by atoms with Crippen molar-refractivity contribution in [2.75, 3.05) is 13.1 Å². The molecule has 3 heterocycles. The van der Waals surface area contributed by atoms with Gasteiger partial charge in [-0.1, -0.05) is 42.5 Å². The molecule has 6 rings (SSSR count). The number of para-hydroxylation sites is 2. The summed E-state index contributed by atoms with van der Waals surface area (Å²) in [6.07, 6.45) is 3.76. The molecule has 0 saturated carbocycles. The van der Waals surface area contributed by atoms with Crippen molar-refractivity contribution >= 4 is 38.6 Å². The highest BCUT2D eigenvalue weighted by Crippen LogP contribution is 2.31. The van der Waals surface area contributed by atoms with Crippen LogP contribution in [0.3, 0.4) is 0 Å². The number of imidazole rings is 1. The number of pyridine rings is 1. The number of aromatic amines is 1. The smallest absolute Gasteiger partial charge is 0.256 e. The van der Waals surface area contributed by atoms with Gasteiger partial charge in [0.15, 0.2) is 0 Å². The second-order valence-corrected chi connectivity index (χ2v) is 8.27. The molecule has 1 aliphatic rings. The van der Waals surface area contributed by atoms with Gasteiger partial charge in [-0.25, -0.2) is 4.98 Å². The molecular formula is C26H22N4O. The predicted molar refractivity (Wildman–Crippen MR) is 123 cm³/mol. The molecule has 3 aromatic carbocycles. The van der Waals surface area contributed by atoms with E-state index in [1.165, 1.54) is 0 Å². The third-order valence-corrected chi connectivity index (χ3v) is 6.35. The van der Waals surface area contributed by atoms with E-state index in [-0.39, 0.29) is 11.8 Å². The van der Waals surface area contributed by atoms with E-state index in [0.29, 0.717) is 12.1 Å². The zero-order valence-electron chi connectivity index (χ0n) is 17.1. The van der Waals surface area contributed by atoms with Crippen LogP contribution < -0.4 is 0 Å². The number of likely N-dealkylation sites (tertiary alicyclic amines) is 1. The van der Waals surface area contributed by atoms with Gasteiger partial charge in [-0.15, -0.1) is 0 Å². The third kappa shape index (κ3) is 3.05. The van der Waals surface area contributed by atoms with Crippen LogP contribution in [0.4, 0.5) is 0 Å². The zero-order chi connectivity index (χ0) is 20.8. The van der Waals surface area contributed by atoms with Crippen molar-refractivity contribution in [3.05, 3.63) is 84.3 Å². The van der Waals surface area contributed by atoms with Gasteiger partial charge in [0.25, 0.3) is 5.91 Å². The Morgan fingerprint density at radius 2 is 1.84 bits per heavy atom. The lowest BCUT2D eigenvalue weighted by atomic mass is 9.95. The molecule has 1 unspecified atom stereocenters. The number of rotatable bonds is 2. The van der Waals surface area contributed by atoms with Crippen LogP contribution in [0.25, 0.3) is 32.7 Å². The van der Waals surface area contributed by atoms with Crippen molar-refractivity contribution in [1.82, 2.24) is 19.9 Å². The monoisotopic (exact) mass is 406 g/mol. The van der Waals surface area contributed by atoms with Crippen LogP contribution in [-0.2, 0) is 0 Å². The Morgan fingerprint density at radius 3 is 2.77 bits per heavy atom. The van der Waals surface area contributed by atoms with E-state index in [0.717, 1.165) is 57.9 Å². The fraction of sp³-hybridized carbons (Fsp3) is 0.192. The SMILES string of the molecule is O=C(c1cc2ccccc2c2cccnc12)N1CCCC(c2nc3ccccc3[nH]2)C1. The maximum absolute atomic E-state index is 13.7. The second kappa shape index (κ2) is 7.20. The minimum Gasteiger partial charge on any atom is -0.342 e. The van der Waals surface area contributed by atoms with Crippen molar-refractivity contribution in [2.24, 2.45) is 0 Å². The van der Waals surface area contributed by atoms with Crippen LogP contribution in [0.15, 0.2) is 72.9 Å². The summed E-state index contributed by atoms with van der Waals surface area (Å²) in [6, 6.07) is 22.3. The number of amides is 1. The van der Waals surface area contributed by atoms with Crippen LogP contribution >= 0.6 is 0 Å². The highest BCUT2D eigenvalue weighted by Gasteiger charge is 2.28. The minimum atomic E-state index is 0.0512. The lowest BCUT2D eigenvalue weighted by Crippen LogP contribution is -2.39. The maximum atomic E-state index is 13.7. The van der Waals surface area contributed by atoms with Crippen LogP contribution in [0.5, 0.6) is 0 Å². The van der Waals surface area contributed by atoms with E-state index in [1.54, 1.807) is 6.20 Å². The van der Waals surface area contributed by atoms with Gasteiger partial charge in [-0.2, -0.15) is 0 Å². The lowest BCUT2D eigenvalue weighted by molar-refractivity contribution is 0.0707. The molecule has 152 valence electrons. The topological polar surface area (TPSA) is 61.9 Å². The van der Waals surface area contributed by atoms with Crippen molar-refractivity contribution in [3.8, 4) is 0 Å². The second-order valence-electron chi connectivity index (χ2n) is 8.27. The van der Waals surface area contributed by atoms with Crippen molar-refractivity contribution < 1.29 is 4.79 Å². The average molecular weight is 406 g/mol. The summed E-state index contributed by atoms with van der Waals surface area (Å²) in [5, 5.41) is 3.22. The summed E-state index contributed by atoms with van der Waals surface area (Å²) < 4.78 is 0. The van der Waals surface area contributed by atoms with Crippen LogP contribution in [-0.4, -0.2) is 38.8 Å². The van der Waals surface area contributed by atoms with E-state index in [2.05, 4.69) is 28.2 Å². The molecule has 0 bridgehead atoms. The van der Waals surface area contributed by atoms with Gasteiger partial charge in [0, 0.05) is 30.6 Å². The Balaban J connectivity index is 1.37. The van der Waals surface area contributed by atoms with E-state index in [9.17, 15) is 4.79 Å². The van der Waals surface area contributed by atoms with Gasteiger partial charge in [-0.05, 0) is 47.9 Å². The first-order valence-corrected chi connectivity index (χ1v) is 10.8. The number of hydrogen-bond donors (Lipinski definition) is 1. The molecule has 0 spiro atoms. The molecule has 5 aromatic rings. The number of piperidine rings is 1. The number of benzene rings is 3. The molecule has 5 heteroatoms. The summed E-state index contributed by atoms with van der Waals surface area (Å²) in [6.45, 7) is 1.43. The number of carbonyl (C=O) groups excluding carboxylic acids is 1. The number of H-pyrrole nitrogens is 1. The molecule has 1 aliphatic heterocycles. The van der Waals surface area contributed by atoms with Crippen LogP contribution in [0.2, 0.25) is 0 Å². The van der Waals surface area contributed by atoms with Crippen LogP contribution in [0, 0.1) is 0 Å². The maximum Gasteiger partial charge on any atom is 0.256 e. The van der Waals surface area contributed by atoms with Gasteiger partial charge in [0.2, 0.25) is 0 Å². The number of nitrogens with zero attached hydrogens (tertiary/aromatic N) is 3. The highest BCUT2D eigenvalue weighted by atomic mass is 16.2. The Labute approximate surface area is 179 Å². The molecule has 1 atom stereocenters. The van der Waals surface area contributed by atoms with E-state index >= 15 is 0 Å². The number of carbonyl (C=O) groups is 1. The van der Waals surface area contributed by atoms with Crippen molar-refractivity contribution in [2.45, 2.75) is 18.8 Å². The summed E-state index contributed by atoms with van der Waals surface area (Å²) in [7, 11) is 0. The Bertz CT molecular complexity index is 1400. The largest absolute Gasteiger partial charge is 0.342 e. The molecule has 0 radical (unpaired) electrons. The molecule has 1 N–H and O–H groups in total. The zero-order valence-corrected chi connectivity index (χ0v) is 17.1. The van der Waals surface area contributed by atoms with Crippen LogP contribution in [0.1, 0.15) is 34.9 Å². The highest BCUT2D eigenvalue weighted by molar-refractivity contribution is 6.15. The first kappa shape index (κ1) is 18.1. The molecule has 31 heavy (non-hydrogen) atoms. The first-order chi connectivity index (χ1) is 15.3. The Hall–Kier alpha value is -3.73. The summed E-state index contributed by atoms with van der Waals surface area (Å²) in [5.74, 6) is 1.24.